The summed E-state index contributed by atoms with van der Waals surface area (Å²) >= 11 is 3.35. The minimum Gasteiger partial charge on any atom is -0.508 e. The molecule has 0 radical (unpaired) electrons. The average Bonchev–Trinajstić information content (AvgIpc) is 2.86. The Kier molecular flexibility index (Phi) is 28.6. The van der Waals surface area contributed by atoms with Crippen LogP contribution in [0.2, 0.25) is 0 Å². The Morgan fingerprint density at radius 1 is 0.697 bits per heavy atom. The van der Waals surface area contributed by atoms with Gasteiger partial charge >= 0.3 is 0 Å². The fraction of sp³-hybridized carbons (Fsp3) is 0.500. The number of thioether (sulfide) groups is 2. The molecule has 1 amide bonds. The Balaban J connectivity index is -0.00000101. The van der Waals surface area contributed by atoms with Gasteiger partial charge in [-0.1, -0.05) is 55.4 Å². The number of nitrogens with zero attached hydrogens (tertiary/aromatic N) is 1. The van der Waals surface area contributed by atoms with Crippen molar-refractivity contribution in [1.82, 2.24) is 4.90 Å². The Labute approximate surface area is 211 Å². The van der Waals surface area contributed by atoms with E-state index < -0.39 is 0 Å². The molecule has 190 valence electrons. The van der Waals surface area contributed by atoms with Crippen molar-refractivity contribution in [2.24, 2.45) is 5.73 Å². The SMILES string of the molecule is CC.CC.CC.CC.NC(=O)CN(CCSc1ccc(O)cc1)CCSc1ccc(O)cc1. The minimum absolute atomic E-state index is 0.242. The number of phenolic OH excluding ortho intramolecular Hbond substituents is 2. The van der Waals surface area contributed by atoms with Crippen molar-refractivity contribution < 1.29 is 15.0 Å². The molecule has 0 saturated carbocycles. The van der Waals surface area contributed by atoms with E-state index in [0.717, 1.165) is 34.4 Å². The number of amides is 1. The third kappa shape index (κ3) is 20.5. The van der Waals surface area contributed by atoms with Crippen molar-refractivity contribution in [2.45, 2.75) is 65.2 Å². The lowest BCUT2D eigenvalue weighted by atomic mass is 10.3. The number of benzene rings is 2. The van der Waals surface area contributed by atoms with E-state index in [9.17, 15) is 15.0 Å². The van der Waals surface area contributed by atoms with Gasteiger partial charge in [0.15, 0.2) is 0 Å². The summed E-state index contributed by atoms with van der Waals surface area (Å²) in [6.07, 6.45) is 0. The molecule has 0 aromatic heterocycles. The van der Waals surface area contributed by atoms with Gasteiger partial charge in [0, 0.05) is 34.4 Å². The highest BCUT2D eigenvalue weighted by atomic mass is 32.2. The van der Waals surface area contributed by atoms with Crippen LogP contribution in [0, 0.1) is 0 Å². The highest BCUT2D eigenvalue weighted by Gasteiger charge is 2.09. The molecule has 0 saturated heterocycles. The van der Waals surface area contributed by atoms with Crippen molar-refractivity contribution in [3.05, 3.63) is 48.5 Å². The van der Waals surface area contributed by atoms with Crippen LogP contribution in [0.3, 0.4) is 0 Å². The van der Waals surface area contributed by atoms with E-state index in [1.54, 1.807) is 47.8 Å². The van der Waals surface area contributed by atoms with Crippen LogP contribution in [0.5, 0.6) is 11.5 Å². The van der Waals surface area contributed by atoms with Crippen LogP contribution in [-0.2, 0) is 4.79 Å². The topological polar surface area (TPSA) is 86.8 Å². The van der Waals surface area contributed by atoms with Crippen LogP contribution >= 0.6 is 23.5 Å². The van der Waals surface area contributed by atoms with Crippen molar-refractivity contribution >= 4 is 29.4 Å². The number of phenols is 2. The Morgan fingerprint density at radius 2 is 1.00 bits per heavy atom. The van der Waals surface area contributed by atoms with Crippen LogP contribution in [0.4, 0.5) is 0 Å². The van der Waals surface area contributed by atoms with Crippen LogP contribution < -0.4 is 5.73 Å². The second-order valence-electron chi connectivity index (χ2n) is 5.43. The van der Waals surface area contributed by atoms with E-state index in [2.05, 4.69) is 0 Å². The minimum atomic E-state index is -0.329. The molecule has 33 heavy (non-hydrogen) atoms. The van der Waals surface area contributed by atoms with Crippen molar-refractivity contribution in [3.63, 3.8) is 0 Å². The molecule has 0 heterocycles. The molecule has 0 spiro atoms. The van der Waals surface area contributed by atoms with Gasteiger partial charge in [-0.05, 0) is 48.5 Å². The first-order chi connectivity index (χ1) is 16.0. The summed E-state index contributed by atoms with van der Waals surface area (Å²) in [5.41, 5.74) is 5.34. The molecule has 2 rings (SSSR count). The molecular weight excluding hydrogens is 452 g/mol. The zero-order valence-electron chi connectivity index (χ0n) is 21.8. The zero-order valence-corrected chi connectivity index (χ0v) is 23.4. The molecule has 7 heteroatoms. The molecule has 0 atom stereocenters. The first-order valence-corrected chi connectivity index (χ1v) is 13.8. The van der Waals surface area contributed by atoms with E-state index >= 15 is 0 Å². The van der Waals surface area contributed by atoms with Gasteiger partial charge in [0.1, 0.15) is 11.5 Å². The molecule has 0 aliphatic rings. The molecule has 2 aromatic carbocycles. The molecular formula is C26H46N2O3S2. The maximum atomic E-state index is 11.3. The van der Waals surface area contributed by atoms with Gasteiger partial charge in [-0.3, -0.25) is 9.69 Å². The van der Waals surface area contributed by atoms with Crippen molar-refractivity contribution in [2.75, 3.05) is 31.1 Å². The fourth-order valence-electron chi connectivity index (χ4n) is 2.16. The molecule has 0 fully saturated rings. The first kappa shape index (κ1) is 35.8. The standard InChI is InChI=1S/C18H22N2O3S2.4C2H6/c19-18(23)13-20(9-11-24-16-5-1-14(21)2-6-16)10-12-25-17-7-3-15(22)4-8-17;4*1-2/h1-8,21-22H,9-13H2,(H2,19,23);4*1-2H3. The predicted octanol–water partition coefficient (Wildman–Crippen LogP) is 6.87. The van der Waals surface area contributed by atoms with E-state index in [1.165, 1.54) is 0 Å². The summed E-state index contributed by atoms with van der Waals surface area (Å²) in [7, 11) is 0. The van der Waals surface area contributed by atoms with Crippen LogP contribution in [0.15, 0.2) is 58.3 Å². The smallest absolute Gasteiger partial charge is 0.231 e. The number of hydrogen-bond acceptors (Lipinski definition) is 6. The average molecular weight is 499 g/mol. The lowest BCUT2D eigenvalue weighted by Crippen LogP contribution is -2.36. The number of hydrogen-bond donors (Lipinski definition) is 3. The summed E-state index contributed by atoms with van der Waals surface area (Å²) in [6.45, 7) is 17.8. The molecule has 0 bridgehead atoms. The largest absolute Gasteiger partial charge is 0.508 e. The second-order valence-corrected chi connectivity index (χ2v) is 7.76. The zero-order chi connectivity index (χ0) is 26.1. The number of carbonyl (C=O) groups is 1. The fourth-order valence-corrected chi connectivity index (χ4v) is 3.99. The Hall–Kier alpha value is -1.83. The van der Waals surface area contributed by atoms with Crippen LogP contribution in [0.1, 0.15) is 55.4 Å². The Bertz CT molecular complexity index is 615. The van der Waals surface area contributed by atoms with Gasteiger partial charge in [-0.15, -0.1) is 23.5 Å². The van der Waals surface area contributed by atoms with Crippen molar-refractivity contribution in [3.8, 4) is 11.5 Å². The quantitative estimate of drug-likeness (QED) is 0.310. The summed E-state index contributed by atoms with van der Waals surface area (Å²) in [5.74, 6) is 1.85. The highest BCUT2D eigenvalue weighted by molar-refractivity contribution is 7.99. The van der Waals surface area contributed by atoms with Gasteiger partial charge in [0.2, 0.25) is 5.91 Å². The molecule has 0 aliphatic heterocycles. The van der Waals surface area contributed by atoms with Gasteiger partial charge in [-0.2, -0.15) is 0 Å². The molecule has 2 aromatic rings. The second kappa shape index (κ2) is 26.4. The molecule has 0 unspecified atom stereocenters. The lowest BCUT2D eigenvalue weighted by molar-refractivity contribution is -0.119. The normalized spacial score (nSPS) is 9.00. The first-order valence-electron chi connectivity index (χ1n) is 11.9. The molecule has 0 aliphatic carbocycles. The molecule has 5 nitrogen and oxygen atoms in total. The maximum Gasteiger partial charge on any atom is 0.231 e. The summed E-state index contributed by atoms with van der Waals surface area (Å²) < 4.78 is 0. The van der Waals surface area contributed by atoms with Gasteiger partial charge in [-0.25, -0.2) is 0 Å². The van der Waals surface area contributed by atoms with E-state index in [-0.39, 0.29) is 24.0 Å². The van der Waals surface area contributed by atoms with Gasteiger partial charge in [0.25, 0.3) is 0 Å². The summed E-state index contributed by atoms with van der Waals surface area (Å²) in [4.78, 5) is 15.5. The maximum absolute atomic E-state index is 11.3. The summed E-state index contributed by atoms with van der Waals surface area (Å²) in [6, 6.07) is 14.2. The monoisotopic (exact) mass is 498 g/mol. The molecule has 4 N–H and O–H groups in total. The third-order valence-electron chi connectivity index (χ3n) is 3.41. The van der Waals surface area contributed by atoms with Crippen molar-refractivity contribution in [1.29, 1.82) is 0 Å². The number of carbonyl (C=O) groups excluding carboxylic acids is 1. The van der Waals surface area contributed by atoms with E-state index in [1.807, 2.05) is 84.6 Å². The highest BCUT2D eigenvalue weighted by Crippen LogP contribution is 2.22. The van der Waals surface area contributed by atoms with Crippen LogP contribution in [-0.4, -0.2) is 52.2 Å². The van der Waals surface area contributed by atoms with Gasteiger partial charge < -0.3 is 15.9 Å². The number of primary amides is 1. The number of nitrogens with two attached hydrogens (primary N) is 1. The summed E-state index contributed by atoms with van der Waals surface area (Å²) in [5, 5.41) is 18.6. The van der Waals surface area contributed by atoms with Gasteiger partial charge in [0.05, 0.1) is 6.54 Å². The van der Waals surface area contributed by atoms with E-state index in [0.29, 0.717) is 0 Å². The lowest BCUT2D eigenvalue weighted by Gasteiger charge is -2.20. The van der Waals surface area contributed by atoms with Crippen LogP contribution in [0.25, 0.3) is 0 Å². The third-order valence-corrected chi connectivity index (χ3v) is 5.39. The van der Waals surface area contributed by atoms with E-state index in [4.69, 9.17) is 5.73 Å². The Morgan fingerprint density at radius 3 is 1.27 bits per heavy atom. The number of aromatic hydroxyl groups is 2. The number of rotatable bonds is 10. The predicted molar refractivity (Wildman–Crippen MR) is 149 cm³/mol.